The lowest BCUT2D eigenvalue weighted by Crippen LogP contribution is -2.35. The largest absolute Gasteiger partial charge is 0.356 e. The van der Waals surface area contributed by atoms with Crippen LogP contribution in [-0.2, 0) is 4.79 Å². The van der Waals surface area contributed by atoms with Gasteiger partial charge in [-0.1, -0.05) is 0 Å². The molecule has 3 heterocycles. The van der Waals surface area contributed by atoms with Crippen molar-refractivity contribution in [3.63, 3.8) is 0 Å². The Morgan fingerprint density at radius 3 is 3.09 bits per heavy atom. The summed E-state index contributed by atoms with van der Waals surface area (Å²) in [6.07, 6.45) is 4.03. The summed E-state index contributed by atoms with van der Waals surface area (Å²) in [5.74, 6) is 2.07. The van der Waals surface area contributed by atoms with Crippen LogP contribution in [0, 0.1) is 6.92 Å². The third-order valence-electron chi connectivity index (χ3n) is 3.73. The highest BCUT2D eigenvalue weighted by Crippen LogP contribution is 2.31. The van der Waals surface area contributed by atoms with Crippen LogP contribution in [0.5, 0.6) is 0 Å². The van der Waals surface area contributed by atoms with Gasteiger partial charge in [-0.25, -0.2) is 15.0 Å². The molecule has 2 aromatic heterocycles. The average Bonchev–Trinajstić information content (AvgIpc) is 2.95. The molecule has 0 aromatic carbocycles. The van der Waals surface area contributed by atoms with E-state index in [2.05, 4.69) is 25.2 Å². The van der Waals surface area contributed by atoms with Crippen molar-refractivity contribution < 1.29 is 4.79 Å². The monoisotopic (exact) mass is 317 g/mol. The third kappa shape index (κ3) is 3.41. The Balaban J connectivity index is 1.72. The number of nitrogens with zero attached hydrogens (tertiary/aromatic N) is 4. The molecule has 7 heteroatoms. The highest BCUT2D eigenvalue weighted by atomic mass is 32.1. The summed E-state index contributed by atoms with van der Waals surface area (Å²) in [6.45, 7) is 5.32. The predicted octanol–water partition coefficient (Wildman–Crippen LogP) is 2.58. The van der Waals surface area contributed by atoms with Gasteiger partial charge in [-0.15, -0.1) is 11.3 Å². The maximum Gasteiger partial charge on any atom is 0.223 e. The normalized spacial score (nSPS) is 18.3. The fourth-order valence-corrected chi connectivity index (χ4v) is 3.57. The molecule has 1 fully saturated rings. The minimum atomic E-state index is -0.0809. The van der Waals surface area contributed by atoms with E-state index < -0.39 is 0 Å². The standard InChI is InChI=1S/C15H19N5OS/c1-10-16-6-5-14(17-10)20-7-3-4-12(8-20)13-9-22-15(19-13)18-11(2)21/h5-6,9,12H,3-4,7-8H2,1-2H3,(H,18,19,21). The lowest BCUT2D eigenvalue weighted by molar-refractivity contribution is -0.114. The van der Waals surface area contributed by atoms with Crippen LogP contribution in [0.25, 0.3) is 0 Å². The number of carbonyl (C=O) groups excluding carboxylic acids is 1. The number of carbonyl (C=O) groups is 1. The van der Waals surface area contributed by atoms with Gasteiger partial charge in [-0.2, -0.15) is 0 Å². The molecule has 1 atom stereocenters. The maximum atomic E-state index is 11.1. The zero-order valence-electron chi connectivity index (χ0n) is 12.7. The maximum absolute atomic E-state index is 11.1. The molecule has 116 valence electrons. The van der Waals surface area contributed by atoms with Crippen LogP contribution in [0.2, 0.25) is 0 Å². The molecule has 0 radical (unpaired) electrons. The number of hydrogen-bond acceptors (Lipinski definition) is 6. The van der Waals surface area contributed by atoms with E-state index in [1.54, 1.807) is 6.20 Å². The van der Waals surface area contributed by atoms with Crippen molar-refractivity contribution in [3.05, 3.63) is 29.2 Å². The second-order valence-corrected chi connectivity index (χ2v) is 6.36. The number of nitrogens with one attached hydrogen (secondary N) is 1. The number of amides is 1. The van der Waals surface area contributed by atoms with E-state index in [0.717, 1.165) is 43.3 Å². The third-order valence-corrected chi connectivity index (χ3v) is 4.51. The Labute approximate surface area is 133 Å². The Kier molecular flexibility index (Phi) is 4.33. The summed E-state index contributed by atoms with van der Waals surface area (Å²) in [6, 6.07) is 1.96. The predicted molar refractivity (Wildman–Crippen MR) is 87.4 cm³/mol. The number of piperidine rings is 1. The molecule has 1 unspecified atom stereocenters. The first-order valence-electron chi connectivity index (χ1n) is 7.39. The van der Waals surface area contributed by atoms with Crippen LogP contribution in [-0.4, -0.2) is 33.9 Å². The number of thiazole rings is 1. The van der Waals surface area contributed by atoms with Gasteiger partial charge in [0, 0.05) is 37.5 Å². The molecule has 1 saturated heterocycles. The fraction of sp³-hybridized carbons (Fsp3) is 0.467. The smallest absolute Gasteiger partial charge is 0.223 e. The quantitative estimate of drug-likeness (QED) is 0.942. The van der Waals surface area contributed by atoms with Gasteiger partial charge in [0.15, 0.2) is 5.13 Å². The Morgan fingerprint density at radius 1 is 1.45 bits per heavy atom. The second kappa shape index (κ2) is 6.39. The van der Waals surface area contributed by atoms with Gasteiger partial charge < -0.3 is 10.2 Å². The summed E-state index contributed by atoms with van der Waals surface area (Å²) < 4.78 is 0. The Bertz CT molecular complexity index is 671. The van der Waals surface area contributed by atoms with Gasteiger partial charge in [-0.05, 0) is 25.8 Å². The molecule has 0 aliphatic carbocycles. The van der Waals surface area contributed by atoms with Crippen LogP contribution in [0.15, 0.2) is 17.6 Å². The molecular formula is C15H19N5OS. The molecule has 1 N–H and O–H groups in total. The van der Waals surface area contributed by atoms with E-state index in [9.17, 15) is 4.79 Å². The number of aryl methyl sites for hydroxylation is 1. The Morgan fingerprint density at radius 2 is 2.32 bits per heavy atom. The van der Waals surface area contributed by atoms with Crippen molar-refractivity contribution in [2.45, 2.75) is 32.6 Å². The van der Waals surface area contributed by atoms with Gasteiger partial charge in [0.2, 0.25) is 5.91 Å². The van der Waals surface area contributed by atoms with Crippen LogP contribution in [0.1, 0.15) is 37.2 Å². The topological polar surface area (TPSA) is 71.0 Å². The molecule has 0 bridgehead atoms. The molecule has 1 aliphatic heterocycles. The zero-order chi connectivity index (χ0) is 15.5. The lowest BCUT2D eigenvalue weighted by Gasteiger charge is -2.32. The summed E-state index contributed by atoms with van der Waals surface area (Å²) >= 11 is 1.48. The van der Waals surface area contributed by atoms with Crippen LogP contribution >= 0.6 is 11.3 Å². The summed E-state index contributed by atoms with van der Waals surface area (Å²) in [5, 5.41) is 5.47. The molecule has 0 spiro atoms. The van der Waals surface area contributed by atoms with Crippen molar-refractivity contribution in [1.82, 2.24) is 15.0 Å². The summed E-state index contributed by atoms with van der Waals surface area (Å²) in [7, 11) is 0. The number of anilines is 2. The molecule has 6 nitrogen and oxygen atoms in total. The molecule has 1 aliphatic rings. The molecule has 1 amide bonds. The Hall–Kier alpha value is -2.02. The average molecular weight is 317 g/mol. The van der Waals surface area contributed by atoms with E-state index in [1.807, 2.05) is 18.4 Å². The second-order valence-electron chi connectivity index (χ2n) is 5.51. The molecule has 0 saturated carbocycles. The highest BCUT2D eigenvalue weighted by Gasteiger charge is 2.24. The van der Waals surface area contributed by atoms with Gasteiger partial charge in [-0.3, -0.25) is 4.79 Å². The van der Waals surface area contributed by atoms with E-state index in [1.165, 1.54) is 18.3 Å². The first kappa shape index (κ1) is 14.9. The van der Waals surface area contributed by atoms with Crippen LogP contribution < -0.4 is 10.2 Å². The van der Waals surface area contributed by atoms with Crippen molar-refractivity contribution >= 4 is 28.2 Å². The zero-order valence-corrected chi connectivity index (χ0v) is 13.6. The van der Waals surface area contributed by atoms with E-state index in [0.29, 0.717) is 11.0 Å². The van der Waals surface area contributed by atoms with Crippen LogP contribution in [0.3, 0.4) is 0 Å². The molecule has 3 rings (SSSR count). The van der Waals surface area contributed by atoms with Crippen molar-refractivity contribution in [2.75, 3.05) is 23.3 Å². The van der Waals surface area contributed by atoms with Gasteiger partial charge in [0.25, 0.3) is 0 Å². The van der Waals surface area contributed by atoms with Gasteiger partial charge in [0.05, 0.1) is 5.69 Å². The minimum absolute atomic E-state index is 0.0809. The van der Waals surface area contributed by atoms with Crippen molar-refractivity contribution in [3.8, 4) is 0 Å². The molecular weight excluding hydrogens is 298 g/mol. The number of hydrogen-bond donors (Lipinski definition) is 1. The number of aromatic nitrogens is 3. The SMILES string of the molecule is CC(=O)Nc1nc(C2CCCN(c3ccnc(C)n3)C2)cs1. The van der Waals surface area contributed by atoms with Gasteiger partial charge >= 0.3 is 0 Å². The van der Waals surface area contributed by atoms with Crippen molar-refractivity contribution in [2.24, 2.45) is 0 Å². The fourth-order valence-electron chi connectivity index (χ4n) is 2.73. The number of rotatable bonds is 3. The first-order chi connectivity index (χ1) is 10.6. The highest BCUT2D eigenvalue weighted by molar-refractivity contribution is 7.13. The van der Waals surface area contributed by atoms with Gasteiger partial charge in [0.1, 0.15) is 11.6 Å². The summed E-state index contributed by atoms with van der Waals surface area (Å²) in [5.41, 5.74) is 1.06. The van der Waals surface area contributed by atoms with E-state index in [4.69, 9.17) is 0 Å². The van der Waals surface area contributed by atoms with E-state index >= 15 is 0 Å². The first-order valence-corrected chi connectivity index (χ1v) is 8.27. The minimum Gasteiger partial charge on any atom is -0.356 e. The molecule has 22 heavy (non-hydrogen) atoms. The van der Waals surface area contributed by atoms with Crippen molar-refractivity contribution in [1.29, 1.82) is 0 Å². The molecule has 2 aromatic rings. The lowest BCUT2D eigenvalue weighted by atomic mass is 9.95. The summed E-state index contributed by atoms with van der Waals surface area (Å²) in [4.78, 5) is 26.6. The van der Waals surface area contributed by atoms with Crippen LogP contribution in [0.4, 0.5) is 10.9 Å². The van der Waals surface area contributed by atoms with E-state index in [-0.39, 0.29) is 5.91 Å².